The Morgan fingerprint density at radius 1 is 1.28 bits per heavy atom. The lowest BCUT2D eigenvalue weighted by atomic mass is 9.89. The molecule has 0 atom stereocenters. The van der Waals surface area contributed by atoms with Crippen molar-refractivity contribution in [1.29, 1.82) is 0 Å². The van der Waals surface area contributed by atoms with Crippen LogP contribution in [0.5, 0.6) is 5.75 Å². The molecule has 1 aliphatic carbocycles. The van der Waals surface area contributed by atoms with E-state index in [1.165, 1.54) is 17.7 Å². The number of likely N-dealkylation sites (N-methyl/N-ethyl adjacent to an activating group) is 1. The first-order chi connectivity index (χ1) is 14.2. The van der Waals surface area contributed by atoms with E-state index in [1.807, 2.05) is 30.3 Å². The Labute approximate surface area is 173 Å². The summed E-state index contributed by atoms with van der Waals surface area (Å²) >= 11 is 0. The number of terminal acetylenes is 1. The molecule has 2 aromatic rings. The Balaban J connectivity index is 1.77. The van der Waals surface area contributed by atoms with Gasteiger partial charge in [0.15, 0.2) is 0 Å². The average molecular weight is 386 g/mol. The molecule has 0 bridgehead atoms. The Bertz CT molecular complexity index is 1000. The molecule has 3 heteroatoms. The van der Waals surface area contributed by atoms with Gasteiger partial charge >= 0.3 is 0 Å². The first kappa shape index (κ1) is 19.4. The van der Waals surface area contributed by atoms with E-state index in [9.17, 15) is 5.11 Å². The van der Waals surface area contributed by atoms with Gasteiger partial charge in [-0.25, -0.2) is 0 Å². The molecule has 1 fully saturated rings. The fourth-order valence-corrected chi connectivity index (χ4v) is 4.32. The standard InChI is InChI=1S/C26H27NO2/c1-4-18-9-11-19(12-10-18)23-15-21(24(17-28)22-13-14-29-26(22)23)16-27(3)25(5-2)20-7-6-8-20/h1,5,9-12,15,28H,2,6-8,13-14,16-17H2,3H3. The predicted molar refractivity (Wildman–Crippen MR) is 117 cm³/mol. The molecule has 1 N–H and O–H groups in total. The monoisotopic (exact) mass is 385 g/mol. The Hall–Kier alpha value is -2.96. The van der Waals surface area contributed by atoms with Gasteiger partial charge in [0.2, 0.25) is 0 Å². The van der Waals surface area contributed by atoms with Crippen LogP contribution in [0.15, 0.2) is 54.3 Å². The van der Waals surface area contributed by atoms with Gasteiger partial charge in [-0.1, -0.05) is 24.6 Å². The zero-order valence-corrected chi connectivity index (χ0v) is 17.0. The van der Waals surface area contributed by atoms with Crippen LogP contribution < -0.4 is 4.74 Å². The molecule has 1 aliphatic heterocycles. The Morgan fingerprint density at radius 3 is 2.62 bits per heavy atom. The fourth-order valence-electron chi connectivity index (χ4n) is 4.32. The van der Waals surface area contributed by atoms with Gasteiger partial charge in [0.05, 0.1) is 13.2 Å². The molecule has 0 unspecified atom stereocenters. The molecular weight excluding hydrogens is 358 g/mol. The number of hydrogen-bond acceptors (Lipinski definition) is 3. The van der Waals surface area contributed by atoms with Crippen LogP contribution in [-0.4, -0.2) is 23.7 Å². The highest BCUT2D eigenvalue weighted by molar-refractivity contribution is 5.75. The Kier molecular flexibility index (Phi) is 5.47. The Morgan fingerprint density at radius 2 is 2.03 bits per heavy atom. The normalized spacial score (nSPS) is 14.4. The van der Waals surface area contributed by atoms with Gasteiger partial charge in [-0.15, -0.1) is 6.42 Å². The van der Waals surface area contributed by atoms with Crippen molar-refractivity contribution >= 4 is 0 Å². The summed E-state index contributed by atoms with van der Waals surface area (Å²) in [5.74, 6) is 3.57. The number of ether oxygens (including phenoxy) is 1. The number of hydrogen-bond donors (Lipinski definition) is 1. The van der Waals surface area contributed by atoms with E-state index in [0.717, 1.165) is 64.9 Å². The average Bonchev–Trinajstić information content (AvgIpc) is 3.19. The largest absolute Gasteiger partial charge is 0.492 e. The summed E-state index contributed by atoms with van der Waals surface area (Å²) in [7, 11) is 2.11. The number of aliphatic hydroxyl groups is 1. The van der Waals surface area contributed by atoms with E-state index in [4.69, 9.17) is 11.2 Å². The second kappa shape index (κ2) is 8.19. The fraction of sp³-hybridized carbons (Fsp3) is 0.308. The third-order valence-corrected chi connectivity index (χ3v) is 6.04. The summed E-state index contributed by atoms with van der Waals surface area (Å²) < 4.78 is 5.99. The number of aliphatic hydroxyl groups excluding tert-OH is 1. The maximum atomic E-state index is 10.2. The summed E-state index contributed by atoms with van der Waals surface area (Å²) in [5, 5.41) is 10.2. The lowest BCUT2D eigenvalue weighted by molar-refractivity contribution is 0.277. The molecule has 29 heavy (non-hydrogen) atoms. The summed E-state index contributed by atoms with van der Waals surface area (Å²) in [5.41, 5.74) is 8.96. The molecule has 0 saturated heterocycles. The molecule has 148 valence electrons. The first-order valence-electron chi connectivity index (χ1n) is 10.2. The van der Waals surface area contributed by atoms with Gasteiger partial charge in [0.1, 0.15) is 5.75 Å². The summed E-state index contributed by atoms with van der Waals surface area (Å²) in [6.45, 7) is 5.42. The molecule has 0 radical (unpaired) electrons. The van der Waals surface area contributed by atoms with E-state index in [0.29, 0.717) is 6.61 Å². The van der Waals surface area contributed by atoms with Gasteiger partial charge in [-0.3, -0.25) is 0 Å². The van der Waals surface area contributed by atoms with E-state index in [1.54, 1.807) is 0 Å². The third-order valence-electron chi connectivity index (χ3n) is 6.04. The second-order valence-corrected chi connectivity index (χ2v) is 7.75. The van der Waals surface area contributed by atoms with Crippen molar-refractivity contribution in [3.8, 4) is 29.2 Å². The van der Waals surface area contributed by atoms with Gasteiger partial charge < -0.3 is 14.7 Å². The lowest BCUT2D eigenvalue weighted by Crippen LogP contribution is -2.21. The van der Waals surface area contributed by atoms with Crippen molar-refractivity contribution in [3.05, 3.63) is 76.5 Å². The molecule has 1 saturated carbocycles. The van der Waals surface area contributed by atoms with Crippen LogP contribution in [0.4, 0.5) is 0 Å². The number of benzene rings is 2. The molecule has 2 aliphatic rings. The van der Waals surface area contributed by atoms with Crippen molar-refractivity contribution < 1.29 is 9.84 Å². The highest BCUT2D eigenvalue weighted by Crippen LogP contribution is 2.41. The molecule has 4 rings (SSSR count). The molecular formula is C26H27NO2. The van der Waals surface area contributed by atoms with Crippen LogP contribution in [0.2, 0.25) is 0 Å². The summed E-state index contributed by atoms with van der Waals surface area (Å²) in [6, 6.07) is 10.2. The van der Waals surface area contributed by atoms with Crippen molar-refractivity contribution in [2.24, 2.45) is 0 Å². The van der Waals surface area contributed by atoms with Gasteiger partial charge in [-0.05, 0) is 65.8 Å². The highest BCUT2D eigenvalue weighted by atomic mass is 16.5. The van der Waals surface area contributed by atoms with Crippen LogP contribution in [0.1, 0.15) is 41.5 Å². The van der Waals surface area contributed by atoms with Gasteiger partial charge in [0.25, 0.3) is 0 Å². The zero-order chi connectivity index (χ0) is 20.4. The number of fused-ring (bicyclic) bond motifs is 1. The molecule has 0 aromatic heterocycles. The van der Waals surface area contributed by atoms with Crippen LogP contribution in [0.25, 0.3) is 11.1 Å². The minimum absolute atomic E-state index is 0.0190. The minimum Gasteiger partial charge on any atom is -0.492 e. The maximum absolute atomic E-state index is 10.2. The number of allylic oxidation sites excluding steroid dienone is 2. The molecule has 0 spiro atoms. The quantitative estimate of drug-likeness (QED) is 0.724. The van der Waals surface area contributed by atoms with Crippen LogP contribution in [0.3, 0.4) is 0 Å². The SMILES string of the molecule is C#Cc1ccc(-c2cc(CN(C)C(C=C)=C3CCC3)c(CO)c3c2OCC3)cc1. The maximum Gasteiger partial charge on any atom is 0.130 e. The topological polar surface area (TPSA) is 32.7 Å². The molecule has 0 amide bonds. The molecule has 3 nitrogen and oxygen atoms in total. The number of nitrogens with zero attached hydrogens (tertiary/aromatic N) is 1. The van der Waals surface area contributed by atoms with Crippen molar-refractivity contribution in [1.82, 2.24) is 4.90 Å². The zero-order valence-electron chi connectivity index (χ0n) is 17.0. The van der Waals surface area contributed by atoms with Crippen LogP contribution in [-0.2, 0) is 19.6 Å². The highest BCUT2D eigenvalue weighted by Gasteiger charge is 2.25. The second-order valence-electron chi connectivity index (χ2n) is 7.75. The smallest absolute Gasteiger partial charge is 0.130 e. The van der Waals surface area contributed by atoms with E-state index in [2.05, 4.69) is 30.5 Å². The summed E-state index contributed by atoms with van der Waals surface area (Å²) in [4.78, 5) is 2.25. The van der Waals surface area contributed by atoms with E-state index < -0.39 is 0 Å². The van der Waals surface area contributed by atoms with Crippen molar-refractivity contribution in [3.63, 3.8) is 0 Å². The summed E-state index contributed by atoms with van der Waals surface area (Å²) in [6.07, 6.45) is 11.9. The molecule has 1 heterocycles. The van der Waals surface area contributed by atoms with E-state index in [-0.39, 0.29) is 6.61 Å². The van der Waals surface area contributed by atoms with Gasteiger partial charge in [-0.2, -0.15) is 0 Å². The number of rotatable bonds is 6. The first-order valence-corrected chi connectivity index (χ1v) is 10.2. The third kappa shape index (κ3) is 3.57. The van der Waals surface area contributed by atoms with Gasteiger partial charge in [0, 0.05) is 42.4 Å². The lowest BCUT2D eigenvalue weighted by Gasteiger charge is -2.29. The van der Waals surface area contributed by atoms with E-state index >= 15 is 0 Å². The van der Waals surface area contributed by atoms with Crippen LogP contribution >= 0.6 is 0 Å². The minimum atomic E-state index is 0.0190. The van der Waals surface area contributed by atoms with Crippen molar-refractivity contribution in [2.75, 3.05) is 13.7 Å². The van der Waals surface area contributed by atoms with Crippen molar-refractivity contribution in [2.45, 2.75) is 38.8 Å². The van der Waals surface area contributed by atoms with Crippen LogP contribution in [0, 0.1) is 12.3 Å². The predicted octanol–water partition coefficient (Wildman–Crippen LogP) is 4.82. The molecule has 2 aromatic carbocycles.